The minimum Gasteiger partial charge on any atom is -0.392 e. The molecule has 0 fully saturated rings. The summed E-state index contributed by atoms with van der Waals surface area (Å²) in [7, 11) is -7.28. The first-order valence-corrected chi connectivity index (χ1v) is 8.55. The number of rotatable bonds is 2. The summed E-state index contributed by atoms with van der Waals surface area (Å²) >= 11 is 0. The maximum Gasteiger partial charge on any atom is 0.332 e. The Morgan fingerprint density at radius 1 is 0.750 bits per heavy atom. The van der Waals surface area contributed by atoms with E-state index in [0.717, 1.165) is 11.1 Å². The molecule has 12 N–H and O–H groups in total. The molecule has 0 radical (unpaired) electrons. The van der Waals surface area contributed by atoms with Gasteiger partial charge >= 0.3 is 15.3 Å². The molecule has 1 aromatic carbocycles. The second-order valence-corrected chi connectivity index (χ2v) is 6.17. The highest BCUT2D eigenvalue weighted by Crippen LogP contribution is 2.14. The molecule has 0 atom stereocenters. The van der Waals surface area contributed by atoms with E-state index < -0.39 is 15.3 Å². The molecule has 0 amide bonds. The Morgan fingerprint density at radius 3 is 1.00 bits per heavy atom. The van der Waals surface area contributed by atoms with Gasteiger partial charge in [0.15, 0.2) is 0 Å². The Labute approximate surface area is 116 Å². The van der Waals surface area contributed by atoms with Gasteiger partial charge in [0.2, 0.25) is 0 Å². The van der Waals surface area contributed by atoms with Gasteiger partial charge in [-0.1, -0.05) is 24.3 Å². The summed E-state index contributed by atoms with van der Waals surface area (Å²) in [5, 5.41) is 17.3. The molecular formula is C8H20N4O6P2. The highest BCUT2D eigenvalue weighted by Gasteiger charge is 1.93. The van der Waals surface area contributed by atoms with Crippen LogP contribution in [0.3, 0.4) is 0 Å². The number of aliphatic hydroxyl groups is 2. The number of aliphatic hydroxyl groups excluding tert-OH is 2. The Kier molecular flexibility index (Phi) is 11.0. The lowest BCUT2D eigenvalue weighted by Crippen LogP contribution is -2.01. The number of hydrogen-bond acceptors (Lipinski definition) is 4. The van der Waals surface area contributed by atoms with Gasteiger partial charge in [-0.2, -0.15) is 0 Å². The fraction of sp³-hybridized carbons (Fsp3) is 0.250. The zero-order valence-electron chi connectivity index (χ0n) is 10.5. The molecule has 0 saturated heterocycles. The van der Waals surface area contributed by atoms with Gasteiger partial charge < -0.3 is 20.0 Å². The molecule has 0 unspecified atom stereocenters. The van der Waals surface area contributed by atoms with Gasteiger partial charge in [0.05, 0.1) is 13.2 Å². The number of hydrogen-bond donors (Lipinski definition) is 8. The first-order chi connectivity index (χ1) is 8.86. The zero-order valence-corrected chi connectivity index (χ0v) is 12.3. The largest absolute Gasteiger partial charge is 0.392 e. The lowest BCUT2D eigenvalue weighted by molar-refractivity contribution is 0.278. The predicted molar refractivity (Wildman–Crippen MR) is 74.7 cm³/mol. The lowest BCUT2D eigenvalue weighted by atomic mass is 10.1. The van der Waals surface area contributed by atoms with Crippen molar-refractivity contribution in [3.63, 3.8) is 0 Å². The summed E-state index contributed by atoms with van der Waals surface area (Å²) < 4.78 is 18.7. The van der Waals surface area contributed by atoms with Crippen LogP contribution in [0.15, 0.2) is 24.3 Å². The van der Waals surface area contributed by atoms with Crippen LogP contribution in [-0.4, -0.2) is 20.0 Å². The van der Waals surface area contributed by atoms with Gasteiger partial charge in [0.25, 0.3) is 0 Å². The Morgan fingerprint density at radius 2 is 0.900 bits per heavy atom. The highest BCUT2D eigenvalue weighted by molar-refractivity contribution is 7.53. The van der Waals surface area contributed by atoms with E-state index in [2.05, 4.69) is 22.0 Å². The quantitative estimate of drug-likeness (QED) is 0.299. The van der Waals surface area contributed by atoms with E-state index >= 15 is 0 Å². The van der Waals surface area contributed by atoms with Gasteiger partial charge in [-0.15, -0.1) is 0 Å². The molecule has 0 aliphatic carbocycles. The minimum atomic E-state index is -3.64. The van der Waals surface area contributed by atoms with Crippen LogP contribution in [0.1, 0.15) is 11.1 Å². The first-order valence-electron chi connectivity index (χ1n) is 4.96. The van der Waals surface area contributed by atoms with Crippen LogP contribution in [0.25, 0.3) is 0 Å². The smallest absolute Gasteiger partial charge is 0.332 e. The molecule has 118 valence electrons. The third-order valence-electron chi connectivity index (χ3n) is 1.39. The molecular weight excluding hydrogens is 310 g/mol. The molecule has 0 heterocycles. The molecule has 0 aliphatic rings. The summed E-state index contributed by atoms with van der Waals surface area (Å²) in [4.78, 5) is 15.3. The molecule has 0 aliphatic heterocycles. The lowest BCUT2D eigenvalue weighted by Gasteiger charge is -1.96. The summed E-state index contributed by atoms with van der Waals surface area (Å²) in [5.74, 6) is 0. The molecule has 1 rings (SSSR count). The monoisotopic (exact) mass is 330 g/mol. The normalized spacial score (nSPS) is 10.8. The van der Waals surface area contributed by atoms with Crippen molar-refractivity contribution >= 4 is 15.3 Å². The molecule has 0 aromatic heterocycles. The van der Waals surface area contributed by atoms with Crippen LogP contribution < -0.4 is 22.0 Å². The van der Waals surface area contributed by atoms with Crippen molar-refractivity contribution in [2.45, 2.75) is 13.2 Å². The average Bonchev–Trinajstić information content (AvgIpc) is 2.25. The van der Waals surface area contributed by atoms with Gasteiger partial charge in [-0.3, -0.25) is 9.13 Å². The minimum absolute atomic E-state index is 0.0612. The van der Waals surface area contributed by atoms with Crippen molar-refractivity contribution in [1.29, 1.82) is 0 Å². The molecule has 12 heteroatoms. The van der Waals surface area contributed by atoms with E-state index in [0.29, 0.717) is 0 Å². The molecule has 0 bridgehead atoms. The molecule has 0 spiro atoms. The maximum atomic E-state index is 9.33. The molecule has 0 saturated carbocycles. The SMILES string of the molecule is NP(N)(=O)O.NP(N)(=O)O.OCc1ccc(CO)cc1. The summed E-state index contributed by atoms with van der Waals surface area (Å²) in [5.41, 5.74) is 18.7. The van der Waals surface area contributed by atoms with E-state index in [4.69, 9.17) is 20.0 Å². The van der Waals surface area contributed by atoms with Crippen LogP contribution >= 0.6 is 15.3 Å². The van der Waals surface area contributed by atoms with Gasteiger partial charge in [0.1, 0.15) is 0 Å². The van der Waals surface area contributed by atoms with Gasteiger partial charge in [-0.05, 0) is 11.1 Å². The van der Waals surface area contributed by atoms with Crippen molar-refractivity contribution < 1.29 is 29.1 Å². The summed E-state index contributed by atoms with van der Waals surface area (Å²) in [6.45, 7) is 0.122. The van der Waals surface area contributed by atoms with Crippen molar-refractivity contribution in [1.82, 2.24) is 0 Å². The average molecular weight is 330 g/mol. The molecule has 20 heavy (non-hydrogen) atoms. The second kappa shape index (κ2) is 10.1. The van der Waals surface area contributed by atoms with Crippen molar-refractivity contribution in [3.05, 3.63) is 35.4 Å². The number of nitrogens with two attached hydrogens (primary N) is 4. The van der Waals surface area contributed by atoms with Crippen LogP contribution in [0.4, 0.5) is 0 Å². The van der Waals surface area contributed by atoms with E-state index in [-0.39, 0.29) is 13.2 Å². The highest BCUT2D eigenvalue weighted by atomic mass is 31.2. The standard InChI is InChI=1S/C8H10O2.2H5N2O2P/c9-5-7-1-2-8(6-10)4-3-7;2*1-5(2,3)4/h1-4,9-10H,5-6H2;2*(H5,1,2,3,4). The topological polar surface area (TPSA) is 219 Å². The van der Waals surface area contributed by atoms with Gasteiger partial charge in [0, 0.05) is 0 Å². The number of benzene rings is 1. The predicted octanol–water partition coefficient (Wildman–Crippen LogP) is -1.32. The fourth-order valence-corrected chi connectivity index (χ4v) is 0.750. The Balaban J connectivity index is 0. The van der Waals surface area contributed by atoms with E-state index in [1.54, 1.807) is 24.3 Å². The fourth-order valence-electron chi connectivity index (χ4n) is 0.750. The Bertz CT molecular complexity index is 397. The third kappa shape index (κ3) is 26.0. The van der Waals surface area contributed by atoms with Crippen LogP contribution in [0, 0.1) is 0 Å². The van der Waals surface area contributed by atoms with Crippen molar-refractivity contribution in [2.24, 2.45) is 22.0 Å². The second-order valence-electron chi connectivity index (χ2n) is 3.48. The summed E-state index contributed by atoms with van der Waals surface area (Å²) in [6.07, 6.45) is 0. The van der Waals surface area contributed by atoms with Crippen LogP contribution in [0.2, 0.25) is 0 Å². The zero-order chi connectivity index (χ0) is 16.4. The van der Waals surface area contributed by atoms with Crippen LogP contribution in [0.5, 0.6) is 0 Å². The Hall–Kier alpha value is -0.640. The third-order valence-corrected chi connectivity index (χ3v) is 1.39. The van der Waals surface area contributed by atoms with Crippen LogP contribution in [-0.2, 0) is 22.3 Å². The molecule has 10 nitrogen and oxygen atoms in total. The van der Waals surface area contributed by atoms with E-state index in [9.17, 15) is 9.13 Å². The van der Waals surface area contributed by atoms with E-state index in [1.165, 1.54) is 0 Å². The van der Waals surface area contributed by atoms with Crippen molar-refractivity contribution in [2.75, 3.05) is 0 Å². The molecule has 1 aromatic rings. The van der Waals surface area contributed by atoms with Gasteiger partial charge in [-0.25, -0.2) is 22.0 Å². The maximum absolute atomic E-state index is 9.33. The van der Waals surface area contributed by atoms with E-state index in [1.807, 2.05) is 0 Å². The summed E-state index contributed by atoms with van der Waals surface area (Å²) in [6, 6.07) is 7.19. The first kappa shape index (κ1) is 21.7. The van der Waals surface area contributed by atoms with Crippen molar-refractivity contribution in [3.8, 4) is 0 Å².